The van der Waals surface area contributed by atoms with E-state index in [1.807, 2.05) is 72.8 Å². The molecule has 1 aliphatic rings. The summed E-state index contributed by atoms with van der Waals surface area (Å²) < 4.78 is 23.6. The molecule has 0 aliphatic carbocycles. The average molecular weight is 534 g/mol. The lowest BCUT2D eigenvalue weighted by molar-refractivity contribution is 0.483. The molecule has 0 saturated heterocycles. The number of nitrogens with zero attached hydrogens (tertiary/aromatic N) is 1. The third-order valence-corrected chi connectivity index (χ3v) is 11.0. The number of rotatable bonds is 4. The molecule has 40 heavy (non-hydrogen) atoms. The molecule has 4 heteroatoms. The Bertz CT molecular complexity index is 2040. The van der Waals surface area contributed by atoms with E-state index in [0.29, 0.717) is 5.75 Å². The first-order valence-electron chi connectivity index (χ1n) is 13.4. The summed E-state index contributed by atoms with van der Waals surface area (Å²) in [4.78, 5) is 0. The summed E-state index contributed by atoms with van der Waals surface area (Å²) in [5, 5.41) is 5.00. The molecule has 1 aliphatic heterocycles. The third-order valence-electron chi connectivity index (χ3n) is 7.85. The number of aromatic nitrogens is 1. The minimum absolute atomic E-state index is 0.661. The molecule has 0 N–H and O–H groups in total. The van der Waals surface area contributed by atoms with E-state index in [1.165, 1.54) is 10.8 Å². The monoisotopic (exact) mass is 533 g/mol. The lowest BCUT2D eigenvalue weighted by Crippen LogP contribution is -2.20. The summed E-state index contributed by atoms with van der Waals surface area (Å²) >= 11 is 0. The van der Waals surface area contributed by atoms with Crippen LogP contribution in [-0.4, -0.2) is 4.57 Å². The van der Waals surface area contributed by atoms with E-state index in [9.17, 15) is 4.57 Å². The van der Waals surface area contributed by atoms with E-state index in [0.717, 1.165) is 49.5 Å². The van der Waals surface area contributed by atoms with Crippen LogP contribution in [0.2, 0.25) is 0 Å². The second kappa shape index (κ2) is 8.84. The van der Waals surface area contributed by atoms with E-state index in [1.54, 1.807) is 0 Å². The van der Waals surface area contributed by atoms with Crippen LogP contribution in [0.5, 0.6) is 11.5 Å². The summed E-state index contributed by atoms with van der Waals surface area (Å²) in [7, 11) is -3.02. The van der Waals surface area contributed by atoms with Gasteiger partial charge in [-0.25, -0.2) is 0 Å². The molecular formula is C36H24NO2P. The van der Waals surface area contributed by atoms with Gasteiger partial charge in [-0.15, -0.1) is 0 Å². The molecule has 3 nitrogen and oxygen atoms in total. The normalized spacial score (nSPS) is 13.3. The van der Waals surface area contributed by atoms with Crippen molar-refractivity contribution in [2.24, 2.45) is 0 Å². The summed E-state index contributed by atoms with van der Waals surface area (Å²) in [6.45, 7) is 0. The maximum atomic E-state index is 14.9. The van der Waals surface area contributed by atoms with Crippen LogP contribution in [-0.2, 0) is 4.57 Å². The van der Waals surface area contributed by atoms with Crippen LogP contribution < -0.4 is 20.7 Å². The van der Waals surface area contributed by atoms with Crippen LogP contribution in [0, 0.1) is 0 Å². The lowest BCUT2D eigenvalue weighted by Gasteiger charge is -2.17. The van der Waals surface area contributed by atoms with Crippen LogP contribution in [0.1, 0.15) is 0 Å². The standard InChI is InChI=1S/C36H24NO2P/c38-40(35-21-7-3-17-31(35)32-18-4-8-22-36(32)40)28-14-10-13-27(24-28)39-26-12-9-11-25(23-26)37-33-19-5-1-15-29(33)30-16-2-6-20-34(30)37/h1-24H. The first kappa shape index (κ1) is 23.1. The molecule has 190 valence electrons. The lowest BCUT2D eigenvalue weighted by atomic mass is 10.1. The molecule has 7 aromatic rings. The zero-order valence-electron chi connectivity index (χ0n) is 21.6. The van der Waals surface area contributed by atoms with Gasteiger partial charge in [-0.2, -0.15) is 0 Å². The van der Waals surface area contributed by atoms with E-state index < -0.39 is 7.14 Å². The van der Waals surface area contributed by atoms with Crippen molar-refractivity contribution >= 4 is 44.9 Å². The van der Waals surface area contributed by atoms with Crippen LogP contribution in [0.4, 0.5) is 0 Å². The Kier molecular flexibility index (Phi) is 5.10. The summed E-state index contributed by atoms with van der Waals surface area (Å²) in [5.74, 6) is 1.39. The highest BCUT2D eigenvalue weighted by atomic mass is 31.2. The highest BCUT2D eigenvalue weighted by molar-refractivity contribution is 7.86. The molecule has 0 atom stereocenters. The van der Waals surface area contributed by atoms with E-state index in [-0.39, 0.29) is 0 Å². The molecule has 0 saturated carbocycles. The SMILES string of the molecule is O=P1(c2cccc(Oc3cccc(-n4c5ccccc5c5ccccc54)c3)c2)c2ccccc2-c2ccccc21. The summed E-state index contributed by atoms with van der Waals surface area (Å²) in [5.41, 5.74) is 5.43. The van der Waals surface area contributed by atoms with Gasteiger partial charge in [0.2, 0.25) is 0 Å². The Morgan fingerprint density at radius 3 is 1.68 bits per heavy atom. The van der Waals surface area contributed by atoms with Gasteiger partial charge in [0.1, 0.15) is 11.5 Å². The van der Waals surface area contributed by atoms with Crippen molar-refractivity contribution in [2.45, 2.75) is 0 Å². The van der Waals surface area contributed by atoms with Crippen LogP contribution in [0.25, 0.3) is 38.6 Å². The molecule has 0 spiro atoms. The van der Waals surface area contributed by atoms with Crippen molar-refractivity contribution in [3.05, 3.63) is 146 Å². The fourth-order valence-corrected chi connectivity index (χ4v) is 9.21. The van der Waals surface area contributed by atoms with Crippen molar-refractivity contribution < 1.29 is 9.30 Å². The van der Waals surface area contributed by atoms with Crippen molar-refractivity contribution in [1.82, 2.24) is 4.57 Å². The van der Waals surface area contributed by atoms with Gasteiger partial charge in [0.25, 0.3) is 0 Å². The highest BCUT2D eigenvalue weighted by Crippen LogP contribution is 2.52. The van der Waals surface area contributed by atoms with Gasteiger partial charge >= 0.3 is 0 Å². The number of hydrogen-bond donors (Lipinski definition) is 0. The van der Waals surface area contributed by atoms with Gasteiger partial charge in [0, 0.05) is 38.4 Å². The predicted molar refractivity (Wildman–Crippen MR) is 166 cm³/mol. The Morgan fingerprint density at radius 1 is 0.500 bits per heavy atom. The third kappa shape index (κ3) is 3.35. The highest BCUT2D eigenvalue weighted by Gasteiger charge is 2.39. The number of benzene rings is 6. The molecule has 6 aromatic carbocycles. The first-order chi connectivity index (χ1) is 19.7. The molecule has 1 aromatic heterocycles. The number of ether oxygens (including phenoxy) is 1. The maximum Gasteiger partial charge on any atom is 0.172 e. The minimum atomic E-state index is -3.02. The van der Waals surface area contributed by atoms with Gasteiger partial charge < -0.3 is 13.9 Å². The summed E-state index contributed by atoms with van der Waals surface area (Å²) in [6, 6.07) is 48.9. The number of hydrogen-bond acceptors (Lipinski definition) is 2. The Hall–Kier alpha value is -4.85. The predicted octanol–water partition coefficient (Wildman–Crippen LogP) is 8.20. The smallest absolute Gasteiger partial charge is 0.172 e. The molecule has 0 fully saturated rings. The molecule has 8 rings (SSSR count). The zero-order chi connectivity index (χ0) is 26.7. The number of para-hydroxylation sites is 2. The largest absolute Gasteiger partial charge is 0.457 e. The molecule has 0 amide bonds. The molecule has 2 heterocycles. The summed E-state index contributed by atoms with van der Waals surface area (Å²) in [6.07, 6.45) is 0. The van der Waals surface area contributed by atoms with E-state index >= 15 is 0 Å². The molecule has 0 bridgehead atoms. The van der Waals surface area contributed by atoms with Crippen molar-refractivity contribution in [2.75, 3.05) is 0 Å². The van der Waals surface area contributed by atoms with Gasteiger partial charge in [-0.1, -0.05) is 103 Å². The number of fused-ring (bicyclic) bond motifs is 6. The minimum Gasteiger partial charge on any atom is -0.457 e. The van der Waals surface area contributed by atoms with Crippen LogP contribution >= 0.6 is 7.14 Å². The zero-order valence-corrected chi connectivity index (χ0v) is 22.5. The van der Waals surface area contributed by atoms with Gasteiger partial charge in [-0.05, 0) is 47.5 Å². The van der Waals surface area contributed by atoms with Crippen molar-refractivity contribution in [3.63, 3.8) is 0 Å². The van der Waals surface area contributed by atoms with Gasteiger partial charge in [-0.3, -0.25) is 0 Å². The second-order valence-corrected chi connectivity index (χ2v) is 12.8. The fourth-order valence-electron chi connectivity index (χ4n) is 6.13. The average Bonchev–Trinajstić information content (AvgIpc) is 3.49. The quantitative estimate of drug-likeness (QED) is 0.214. The second-order valence-electron chi connectivity index (χ2n) is 10.1. The maximum absolute atomic E-state index is 14.9. The Labute approximate surface area is 232 Å². The van der Waals surface area contributed by atoms with Crippen molar-refractivity contribution in [1.29, 1.82) is 0 Å². The van der Waals surface area contributed by atoms with Gasteiger partial charge in [0.15, 0.2) is 7.14 Å². The molecule has 0 unspecified atom stereocenters. The van der Waals surface area contributed by atoms with Crippen LogP contribution in [0.15, 0.2) is 146 Å². The topological polar surface area (TPSA) is 31.2 Å². The fraction of sp³-hybridized carbons (Fsp3) is 0. The Balaban J connectivity index is 1.21. The first-order valence-corrected chi connectivity index (χ1v) is 15.1. The van der Waals surface area contributed by atoms with Gasteiger partial charge in [0.05, 0.1) is 11.0 Å². The van der Waals surface area contributed by atoms with Crippen molar-refractivity contribution in [3.8, 4) is 28.3 Å². The Morgan fingerprint density at radius 2 is 1.02 bits per heavy atom. The van der Waals surface area contributed by atoms with Crippen LogP contribution in [0.3, 0.4) is 0 Å². The van der Waals surface area contributed by atoms with E-state index in [4.69, 9.17) is 4.74 Å². The molecular weight excluding hydrogens is 509 g/mol. The van der Waals surface area contributed by atoms with E-state index in [2.05, 4.69) is 77.4 Å². The molecule has 0 radical (unpaired) electrons.